The average Bonchev–Trinajstić information content (AvgIpc) is 3.23. The van der Waals surface area contributed by atoms with Crippen LogP contribution in [-0.4, -0.2) is 34.0 Å². The summed E-state index contributed by atoms with van der Waals surface area (Å²) in [5.74, 6) is -0.136. The molecule has 0 saturated carbocycles. The van der Waals surface area contributed by atoms with Crippen molar-refractivity contribution in [3.63, 3.8) is 0 Å². The van der Waals surface area contributed by atoms with E-state index in [-0.39, 0.29) is 11.9 Å². The zero-order valence-electron chi connectivity index (χ0n) is 13.6. The van der Waals surface area contributed by atoms with Crippen molar-refractivity contribution in [3.8, 4) is 0 Å². The first-order chi connectivity index (χ1) is 11.2. The molecule has 0 unspecified atom stereocenters. The molecule has 6 nitrogen and oxygen atoms in total. The Labute approximate surface area is 140 Å². The molecular formula is C16H23N5OS. The third kappa shape index (κ3) is 3.45. The van der Waals surface area contributed by atoms with E-state index in [1.54, 1.807) is 11.3 Å². The monoisotopic (exact) mass is 333 g/mol. The molecule has 0 spiro atoms. The van der Waals surface area contributed by atoms with Crippen molar-refractivity contribution in [2.45, 2.75) is 45.2 Å². The molecule has 2 aromatic heterocycles. The van der Waals surface area contributed by atoms with Gasteiger partial charge in [0.2, 0.25) is 0 Å². The Hall–Kier alpha value is -1.73. The van der Waals surface area contributed by atoms with Gasteiger partial charge < -0.3 is 10.6 Å². The minimum Gasteiger partial charge on any atom is -0.343 e. The molecule has 7 heteroatoms. The van der Waals surface area contributed by atoms with Gasteiger partial charge in [-0.15, -0.1) is 16.4 Å². The van der Waals surface area contributed by atoms with Crippen LogP contribution in [0.25, 0.3) is 0 Å². The number of nitrogens with zero attached hydrogens (tertiary/aromatic N) is 3. The van der Waals surface area contributed by atoms with Crippen LogP contribution < -0.4 is 10.6 Å². The third-order valence-corrected chi connectivity index (χ3v) is 5.38. The number of hydrogen-bond acceptors (Lipinski definition) is 5. The van der Waals surface area contributed by atoms with Crippen molar-refractivity contribution in [1.82, 2.24) is 25.6 Å². The molecule has 0 aliphatic carbocycles. The molecule has 0 aromatic carbocycles. The highest BCUT2D eigenvalue weighted by Gasteiger charge is 2.24. The van der Waals surface area contributed by atoms with Gasteiger partial charge in [0.1, 0.15) is 0 Å². The first-order valence-corrected chi connectivity index (χ1v) is 9.05. The van der Waals surface area contributed by atoms with Crippen molar-refractivity contribution < 1.29 is 4.79 Å². The lowest BCUT2D eigenvalue weighted by atomic mass is 10.1. The third-order valence-electron chi connectivity index (χ3n) is 4.40. The number of nitrogens with one attached hydrogen (secondary N) is 2. The summed E-state index contributed by atoms with van der Waals surface area (Å²) in [7, 11) is 0. The van der Waals surface area contributed by atoms with E-state index in [0.717, 1.165) is 38.0 Å². The molecule has 1 amide bonds. The second-order valence-corrected chi connectivity index (χ2v) is 6.88. The number of carbonyl (C=O) groups excluding carboxylic acids is 1. The molecular weight excluding hydrogens is 310 g/mol. The SMILES string of the molecule is CC[C@H](NC(=O)c1nnn(C2CCNCC2)c1C)c1cccs1. The number of amides is 1. The predicted molar refractivity (Wildman–Crippen MR) is 90.7 cm³/mol. The molecule has 3 heterocycles. The fourth-order valence-electron chi connectivity index (χ4n) is 3.04. The van der Waals surface area contributed by atoms with E-state index in [4.69, 9.17) is 0 Å². The van der Waals surface area contributed by atoms with Gasteiger partial charge in [0.25, 0.3) is 5.91 Å². The van der Waals surface area contributed by atoms with Gasteiger partial charge in [-0.3, -0.25) is 4.79 Å². The maximum absolute atomic E-state index is 12.6. The van der Waals surface area contributed by atoms with Gasteiger partial charge in [-0.1, -0.05) is 18.2 Å². The molecule has 3 rings (SSSR count). The highest BCUT2D eigenvalue weighted by atomic mass is 32.1. The number of thiophene rings is 1. The lowest BCUT2D eigenvalue weighted by Gasteiger charge is -2.23. The Balaban J connectivity index is 1.73. The Kier molecular flexibility index (Phi) is 5.07. The topological polar surface area (TPSA) is 71.8 Å². The summed E-state index contributed by atoms with van der Waals surface area (Å²) >= 11 is 1.66. The van der Waals surface area contributed by atoms with Crippen LogP contribution in [0.5, 0.6) is 0 Å². The lowest BCUT2D eigenvalue weighted by molar-refractivity contribution is 0.0930. The van der Waals surface area contributed by atoms with Crippen molar-refractivity contribution >= 4 is 17.2 Å². The molecule has 2 N–H and O–H groups in total. The second kappa shape index (κ2) is 7.23. The molecule has 0 bridgehead atoms. The highest BCUT2D eigenvalue weighted by molar-refractivity contribution is 7.10. The molecule has 1 saturated heterocycles. The van der Waals surface area contributed by atoms with Crippen LogP contribution in [0.4, 0.5) is 0 Å². The summed E-state index contributed by atoms with van der Waals surface area (Å²) in [5.41, 5.74) is 1.30. The fraction of sp³-hybridized carbons (Fsp3) is 0.562. The van der Waals surface area contributed by atoms with Crippen LogP contribution >= 0.6 is 11.3 Å². The molecule has 23 heavy (non-hydrogen) atoms. The zero-order chi connectivity index (χ0) is 16.2. The summed E-state index contributed by atoms with van der Waals surface area (Å²) in [6, 6.07) is 4.43. The first kappa shape index (κ1) is 16.1. The molecule has 0 radical (unpaired) electrons. The first-order valence-electron chi connectivity index (χ1n) is 8.17. The number of carbonyl (C=O) groups is 1. The van der Waals surface area contributed by atoms with Gasteiger partial charge in [-0.05, 0) is 50.7 Å². The summed E-state index contributed by atoms with van der Waals surface area (Å²) in [4.78, 5) is 13.8. The smallest absolute Gasteiger partial charge is 0.274 e. The van der Waals surface area contributed by atoms with Crippen LogP contribution in [0.3, 0.4) is 0 Å². The van der Waals surface area contributed by atoms with E-state index >= 15 is 0 Å². The van der Waals surface area contributed by atoms with Crippen LogP contribution in [-0.2, 0) is 0 Å². The minimum absolute atomic E-state index is 0.0333. The van der Waals surface area contributed by atoms with Crippen LogP contribution in [0.2, 0.25) is 0 Å². The molecule has 1 aliphatic heterocycles. The fourth-order valence-corrected chi connectivity index (χ4v) is 3.90. The van der Waals surface area contributed by atoms with E-state index in [1.165, 1.54) is 4.88 Å². The largest absolute Gasteiger partial charge is 0.343 e. The van der Waals surface area contributed by atoms with E-state index in [2.05, 4.69) is 33.9 Å². The van der Waals surface area contributed by atoms with Crippen molar-refractivity contribution in [1.29, 1.82) is 0 Å². The van der Waals surface area contributed by atoms with Gasteiger partial charge >= 0.3 is 0 Å². The Morgan fingerprint density at radius 3 is 2.96 bits per heavy atom. The molecule has 1 atom stereocenters. The minimum atomic E-state index is -0.136. The zero-order valence-corrected chi connectivity index (χ0v) is 14.4. The molecule has 1 aliphatic rings. The summed E-state index contributed by atoms with van der Waals surface area (Å²) in [6.45, 7) is 5.98. The quantitative estimate of drug-likeness (QED) is 0.882. The molecule has 1 fully saturated rings. The van der Waals surface area contributed by atoms with Crippen LogP contribution in [0.15, 0.2) is 17.5 Å². The summed E-state index contributed by atoms with van der Waals surface area (Å²) in [5, 5.41) is 16.8. The molecule has 124 valence electrons. The number of aromatic nitrogens is 3. The number of piperidine rings is 1. The van der Waals surface area contributed by atoms with E-state index < -0.39 is 0 Å². The van der Waals surface area contributed by atoms with Crippen molar-refractivity contribution in [3.05, 3.63) is 33.8 Å². The van der Waals surface area contributed by atoms with Gasteiger partial charge in [0.05, 0.1) is 17.8 Å². The predicted octanol–water partition coefficient (Wildman–Crippen LogP) is 2.45. The highest BCUT2D eigenvalue weighted by Crippen LogP contribution is 2.23. The van der Waals surface area contributed by atoms with E-state index in [1.807, 2.05) is 23.1 Å². The second-order valence-electron chi connectivity index (χ2n) is 5.90. The number of rotatable bonds is 5. The average molecular weight is 333 g/mol. The summed E-state index contributed by atoms with van der Waals surface area (Å²) in [6.07, 6.45) is 2.91. The van der Waals surface area contributed by atoms with Gasteiger partial charge in [-0.2, -0.15) is 0 Å². The Bertz CT molecular complexity index is 645. The van der Waals surface area contributed by atoms with Crippen LogP contribution in [0, 0.1) is 6.92 Å². The Morgan fingerprint density at radius 2 is 2.30 bits per heavy atom. The van der Waals surface area contributed by atoms with E-state index in [0.29, 0.717) is 11.7 Å². The van der Waals surface area contributed by atoms with Crippen molar-refractivity contribution in [2.24, 2.45) is 0 Å². The Morgan fingerprint density at radius 1 is 1.52 bits per heavy atom. The van der Waals surface area contributed by atoms with E-state index in [9.17, 15) is 4.79 Å². The lowest BCUT2D eigenvalue weighted by Crippen LogP contribution is -2.31. The van der Waals surface area contributed by atoms with Gasteiger partial charge in [0.15, 0.2) is 5.69 Å². The van der Waals surface area contributed by atoms with Crippen molar-refractivity contribution in [2.75, 3.05) is 13.1 Å². The molecule has 2 aromatic rings. The number of hydrogen-bond donors (Lipinski definition) is 2. The van der Waals surface area contributed by atoms with Gasteiger partial charge in [-0.25, -0.2) is 4.68 Å². The van der Waals surface area contributed by atoms with Gasteiger partial charge in [0, 0.05) is 4.88 Å². The maximum Gasteiger partial charge on any atom is 0.274 e. The standard InChI is InChI=1S/C16H23N5OS/c1-3-13(14-5-4-10-23-14)18-16(22)15-11(2)21(20-19-15)12-6-8-17-9-7-12/h4-5,10,12-13,17H,3,6-9H2,1-2H3,(H,18,22)/t13-/m0/s1. The van der Waals surface area contributed by atoms with Crippen LogP contribution in [0.1, 0.15) is 59.3 Å². The maximum atomic E-state index is 12.6. The normalized spacial score (nSPS) is 17.1. The summed E-state index contributed by atoms with van der Waals surface area (Å²) < 4.78 is 1.92.